The third-order valence-electron chi connectivity index (χ3n) is 4.01. The average Bonchev–Trinajstić information content (AvgIpc) is 2.40. The van der Waals surface area contributed by atoms with Gasteiger partial charge in [0.05, 0.1) is 0 Å². The molecule has 1 aromatic rings. The summed E-state index contributed by atoms with van der Waals surface area (Å²) in [6.45, 7) is 8.13. The summed E-state index contributed by atoms with van der Waals surface area (Å²) in [5.74, 6) is 1.22. The van der Waals surface area contributed by atoms with Crippen molar-refractivity contribution in [3.05, 3.63) is 35.9 Å². The van der Waals surface area contributed by atoms with Crippen LogP contribution in [0.4, 0.5) is 0 Å². The van der Waals surface area contributed by atoms with Crippen molar-refractivity contribution < 1.29 is 0 Å². The molecule has 0 aromatic heterocycles. The van der Waals surface area contributed by atoms with Gasteiger partial charge in [-0.25, -0.2) is 0 Å². The van der Waals surface area contributed by atoms with E-state index in [1.807, 2.05) is 11.8 Å². The molecule has 0 spiro atoms. The van der Waals surface area contributed by atoms with Crippen LogP contribution in [0.2, 0.25) is 0 Å². The SMILES string of the molecule is CSCCN1CC(Cc2ccccc2)NCC1(C)C. The van der Waals surface area contributed by atoms with E-state index in [1.165, 1.54) is 17.9 Å². The predicted octanol–water partition coefficient (Wildman–Crippen LogP) is 2.64. The van der Waals surface area contributed by atoms with Crippen molar-refractivity contribution in [3.63, 3.8) is 0 Å². The first-order valence-electron chi connectivity index (χ1n) is 7.13. The summed E-state index contributed by atoms with van der Waals surface area (Å²) < 4.78 is 0. The van der Waals surface area contributed by atoms with Crippen LogP contribution in [0.1, 0.15) is 19.4 Å². The number of hydrogen-bond donors (Lipinski definition) is 1. The standard InChI is InChI=1S/C16H26N2S/c1-16(2)13-17-15(12-18(16)9-10-19-3)11-14-7-5-4-6-8-14/h4-8,15,17H,9-13H2,1-3H3. The molecule has 0 saturated carbocycles. The molecule has 3 heteroatoms. The van der Waals surface area contributed by atoms with Gasteiger partial charge in [0.2, 0.25) is 0 Å². The lowest BCUT2D eigenvalue weighted by atomic mass is 9.95. The molecule has 0 amide bonds. The lowest BCUT2D eigenvalue weighted by Gasteiger charge is -2.46. The highest BCUT2D eigenvalue weighted by molar-refractivity contribution is 7.98. The normalized spacial score (nSPS) is 23.4. The number of piperazine rings is 1. The second kappa shape index (κ2) is 6.78. The monoisotopic (exact) mass is 278 g/mol. The molecule has 2 nitrogen and oxygen atoms in total. The number of hydrogen-bond acceptors (Lipinski definition) is 3. The van der Waals surface area contributed by atoms with Gasteiger partial charge < -0.3 is 5.32 Å². The van der Waals surface area contributed by atoms with Gasteiger partial charge in [0.15, 0.2) is 0 Å². The molecule has 19 heavy (non-hydrogen) atoms. The molecule has 2 rings (SSSR count). The summed E-state index contributed by atoms with van der Waals surface area (Å²) in [6.07, 6.45) is 3.32. The minimum absolute atomic E-state index is 0.281. The molecule has 1 unspecified atom stereocenters. The Kier molecular flexibility index (Phi) is 5.31. The first kappa shape index (κ1) is 14.9. The molecular formula is C16H26N2S. The molecule has 0 aliphatic carbocycles. The second-order valence-corrected chi connectivity index (χ2v) is 7.00. The highest BCUT2D eigenvalue weighted by atomic mass is 32.2. The number of nitrogens with zero attached hydrogens (tertiary/aromatic N) is 1. The molecule has 1 N–H and O–H groups in total. The Bertz CT molecular complexity index is 378. The van der Waals surface area contributed by atoms with Gasteiger partial charge in [0, 0.05) is 37.0 Å². The maximum atomic E-state index is 3.72. The van der Waals surface area contributed by atoms with Gasteiger partial charge in [-0.3, -0.25) is 4.90 Å². The first-order chi connectivity index (χ1) is 9.12. The minimum atomic E-state index is 0.281. The van der Waals surface area contributed by atoms with E-state index in [2.05, 4.69) is 60.7 Å². The molecular weight excluding hydrogens is 252 g/mol. The highest BCUT2D eigenvalue weighted by Crippen LogP contribution is 2.20. The molecule has 1 aliphatic heterocycles. The van der Waals surface area contributed by atoms with Gasteiger partial charge in [-0.2, -0.15) is 11.8 Å². The van der Waals surface area contributed by atoms with Crippen molar-refractivity contribution in [2.45, 2.75) is 31.8 Å². The second-order valence-electron chi connectivity index (χ2n) is 6.02. The van der Waals surface area contributed by atoms with Crippen molar-refractivity contribution in [3.8, 4) is 0 Å². The Morgan fingerprint density at radius 2 is 2.05 bits per heavy atom. The largest absolute Gasteiger partial charge is 0.311 e. The summed E-state index contributed by atoms with van der Waals surface area (Å²) >= 11 is 1.94. The fourth-order valence-electron chi connectivity index (χ4n) is 2.71. The summed E-state index contributed by atoms with van der Waals surface area (Å²) in [4.78, 5) is 2.65. The molecule has 1 aromatic carbocycles. The Morgan fingerprint density at radius 3 is 2.74 bits per heavy atom. The van der Waals surface area contributed by atoms with Crippen LogP contribution in [0.3, 0.4) is 0 Å². The smallest absolute Gasteiger partial charge is 0.0278 e. The lowest BCUT2D eigenvalue weighted by Crippen LogP contribution is -2.62. The zero-order chi connectivity index (χ0) is 13.7. The van der Waals surface area contributed by atoms with Crippen molar-refractivity contribution in [2.75, 3.05) is 31.6 Å². The quantitative estimate of drug-likeness (QED) is 0.891. The Morgan fingerprint density at radius 1 is 1.32 bits per heavy atom. The molecule has 0 radical (unpaired) electrons. The van der Waals surface area contributed by atoms with E-state index in [1.54, 1.807) is 0 Å². The van der Waals surface area contributed by atoms with Crippen LogP contribution in [0.5, 0.6) is 0 Å². The topological polar surface area (TPSA) is 15.3 Å². The van der Waals surface area contributed by atoms with Gasteiger partial charge in [-0.1, -0.05) is 30.3 Å². The van der Waals surface area contributed by atoms with Gasteiger partial charge >= 0.3 is 0 Å². The lowest BCUT2D eigenvalue weighted by molar-refractivity contribution is 0.0730. The summed E-state index contributed by atoms with van der Waals surface area (Å²) in [5, 5.41) is 3.72. The summed E-state index contributed by atoms with van der Waals surface area (Å²) in [7, 11) is 0. The number of benzene rings is 1. The Labute approximate surface area is 122 Å². The van der Waals surface area contributed by atoms with Gasteiger partial charge in [0.25, 0.3) is 0 Å². The predicted molar refractivity (Wildman–Crippen MR) is 86.0 cm³/mol. The molecule has 1 aliphatic rings. The maximum Gasteiger partial charge on any atom is 0.0278 e. The van der Waals surface area contributed by atoms with Crippen LogP contribution < -0.4 is 5.32 Å². The molecule has 1 heterocycles. The van der Waals surface area contributed by atoms with Crippen molar-refractivity contribution in [1.29, 1.82) is 0 Å². The van der Waals surface area contributed by atoms with E-state index < -0.39 is 0 Å². The molecule has 1 atom stereocenters. The first-order valence-corrected chi connectivity index (χ1v) is 8.52. The van der Waals surface area contributed by atoms with Gasteiger partial charge in [-0.05, 0) is 32.1 Å². The van der Waals surface area contributed by atoms with E-state index in [9.17, 15) is 0 Å². The number of nitrogens with one attached hydrogen (secondary N) is 1. The highest BCUT2D eigenvalue weighted by Gasteiger charge is 2.33. The minimum Gasteiger partial charge on any atom is -0.311 e. The third-order valence-corrected chi connectivity index (χ3v) is 4.60. The Hall–Kier alpha value is -0.510. The summed E-state index contributed by atoms with van der Waals surface area (Å²) in [6, 6.07) is 11.4. The third kappa shape index (κ3) is 4.23. The van der Waals surface area contributed by atoms with Crippen LogP contribution in [-0.4, -0.2) is 48.1 Å². The van der Waals surface area contributed by atoms with Crippen LogP contribution in [0, 0.1) is 0 Å². The molecule has 1 fully saturated rings. The van der Waals surface area contributed by atoms with Crippen LogP contribution in [0.25, 0.3) is 0 Å². The van der Waals surface area contributed by atoms with Crippen molar-refractivity contribution in [2.24, 2.45) is 0 Å². The molecule has 0 bridgehead atoms. The van der Waals surface area contributed by atoms with Gasteiger partial charge in [0.1, 0.15) is 0 Å². The number of thioether (sulfide) groups is 1. The zero-order valence-corrected chi connectivity index (χ0v) is 13.2. The molecule has 1 saturated heterocycles. The van der Waals surface area contributed by atoms with Crippen LogP contribution in [-0.2, 0) is 6.42 Å². The van der Waals surface area contributed by atoms with Crippen molar-refractivity contribution in [1.82, 2.24) is 10.2 Å². The van der Waals surface area contributed by atoms with Crippen molar-refractivity contribution >= 4 is 11.8 Å². The van der Waals surface area contributed by atoms with Crippen LogP contribution in [0.15, 0.2) is 30.3 Å². The van der Waals surface area contributed by atoms with E-state index in [4.69, 9.17) is 0 Å². The fraction of sp³-hybridized carbons (Fsp3) is 0.625. The molecule has 106 valence electrons. The summed E-state index contributed by atoms with van der Waals surface area (Å²) in [5.41, 5.74) is 1.72. The number of rotatable bonds is 5. The van der Waals surface area contributed by atoms with Crippen LogP contribution >= 0.6 is 11.8 Å². The van der Waals surface area contributed by atoms with E-state index in [0.717, 1.165) is 19.5 Å². The average molecular weight is 278 g/mol. The van der Waals surface area contributed by atoms with E-state index in [0.29, 0.717) is 6.04 Å². The fourth-order valence-corrected chi connectivity index (χ4v) is 3.12. The Balaban J connectivity index is 1.94. The van der Waals surface area contributed by atoms with E-state index in [-0.39, 0.29) is 5.54 Å². The maximum absolute atomic E-state index is 3.72. The van der Waals surface area contributed by atoms with E-state index >= 15 is 0 Å². The van der Waals surface area contributed by atoms with Gasteiger partial charge in [-0.15, -0.1) is 0 Å². The zero-order valence-electron chi connectivity index (χ0n) is 12.4.